The lowest BCUT2D eigenvalue weighted by Crippen LogP contribution is -2.34. The van der Waals surface area contributed by atoms with Gasteiger partial charge >= 0.3 is 0 Å². The summed E-state index contributed by atoms with van der Waals surface area (Å²) in [7, 11) is -3.63. The number of rotatable bonds is 6. The van der Waals surface area contributed by atoms with Gasteiger partial charge in [-0.1, -0.05) is 32.0 Å². The average Bonchev–Trinajstić information content (AvgIpc) is 2.79. The maximum atomic E-state index is 14.3. The smallest absolute Gasteiger partial charge is 0.151 e. The molecule has 0 fully saturated rings. The summed E-state index contributed by atoms with van der Waals surface area (Å²) in [5, 5.41) is 3.27. The van der Waals surface area contributed by atoms with Gasteiger partial charge < -0.3 is 5.32 Å². The highest BCUT2D eigenvalue weighted by atomic mass is 32.3. The number of halogens is 2. The van der Waals surface area contributed by atoms with Crippen LogP contribution >= 0.6 is 11.0 Å². The van der Waals surface area contributed by atoms with Crippen LogP contribution in [0.3, 0.4) is 0 Å². The first-order valence-corrected chi connectivity index (χ1v) is 9.92. The van der Waals surface area contributed by atoms with Crippen molar-refractivity contribution in [1.82, 2.24) is 5.32 Å². The fourth-order valence-corrected chi connectivity index (χ4v) is 4.82. The van der Waals surface area contributed by atoms with Gasteiger partial charge in [-0.2, -0.15) is 0 Å². The van der Waals surface area contributed by atoms with E-state index in [2.05, 4.69) is 5.32 Å². The van der Waals surface area contributed by atoms with E-state index in [-0.39, 0.29) is 0 Å². The van der Waals surface area contributed by atoms with Crippen molar-refractivity contribution in [3.8, 4) is 0 Å². The first-order valence-electron chi connectivity index (χ1n) is 8.46. The van der Waals surface area contributed by atoms with Crippen LogP contribution in [0.5, 0.6) is 0 Å². The van der Waals surface area contributed by atoms with E-state index in [1.54, 1.807) is 24.3 Å². The summed E-state index contributed by atoms with van der Waals surface area (Å²) in [5.41, 5.74) is 0.454. The van der Waals surface area contributed by atoms with Crippen LogP contribution in [0.1, 0.15) is 20.3 Å². The van der Waals surface area contributed by atoms with E-state index >= 15 is 0 Å². The van der Waals surface area contributed by atoms with Crippen molar-refractivity contribution in [3.05, 3.63) is 54.1 Å². The SMILES string of the molecule is CC(C)NCCCN1c2ccccc2N(c2c(F)cccc2F)S1(O)O. The molecule has 26 heavy (non-hydrogen) atoms. The van der Waals surface area contributed by atoms with E-state index in [1.807, 2.05) is 13.8 Å². The van der Waals surface area contributed by atoms with Gasteiger partial charge in [0.25, 0.3) is 0 Å². The molecule has 3 rings (SSSR count). The Morgan fingerprint density at radius 3 is 2.23 bits per heavy atom. The second kappa shape index (κ2) is 7.40. The Labute approximate surface area is 153 Å². The van der Waals surface area contributed by atoms with E-state index in [9.17, 15) is 17.9 Å². The number of hydrogen-bond acceptors (Lipinski definition) is 5. The molecule has 0 amide bonds. The lowest BCUT2D eigenvalue weighted by atomic mass is 10.2. The van der Waals surface area contributed by atoms with Crippen LogP contribution in [0.2, 0.25) is 0 Å². The Bertz CT molecular complexity index is 769. The second-order valence-corrected chi connectivity index (χ2v) is 8.19. The molecular formula is C18H23F2N3O2S. The standard InChI is InChI=1S/C18H23F2N3O2S/c1-13(2)21-11-6-12-22-16-9-3-4-10-17(16)23(26(22,24)25)18-14(19)7-5-8-15(18)20/h3-5,7-10,13,21,24-25H,6,11-12H2,1-2H3. The van der Waals surface area contributed by atoms with Crippen LogP contribution in [0, 0.1) is 11.6 Å². The van der Waals surface area contributed by atoms with E-state index in [4.69, 9.17) is 0 Å². The molecule has 1 heterocycles. The highest BCUT2D eigenvalue weighted by Gasteiger charge is 2.43. The van der Waals surface area contributed by atoms with Gasteiger partial charge in [0.05, 0.1) is 11.4 Å². The zero-order valence-corrected chi connectivity index (χ0v) is 15.5. The second-order valence-electron chi connectivity index (χ2n) is 6.41. The quantitative estimate of drug-likeness (QED) is 0.620. The van der Waals surface area contributed by atoms with Crippen LogP contribution in [0.15, 0.2) is 42.5 Å². The third-order valence-electron chi connectivity index (χ3n) is 4.14. The minimum absolute atomic E-state index is 0.324. The summed E-state index contributed by atoms with van der Waals surface area (Å²) in [4.78, 5) is 0. The van der Waals surface area contributed by atoms with Crippen molar-refractivity contribution >= 4 is 28.0 Å². The van der Waals surface area contributed by atoms with E-state index in [1.165, 1.54) is 10.4 Å². The van der Waals surface area contributed by atoms with Crippen molar-refractivity contribution in [3.63, 3.8) is 0 Å². The molecule has 5 nitrogen and oxygen atoms in total. The Balaban J connectivity index is 1.97. The maximum Gasteiger partial charge on any atom is 0.151 e. The molecule has 2 aromatic carbocycles. The molecule has 1 aliphatic heterocycles. The summed E-state index contributed by atoms with van der Waals surface area (Å²) in [6, 6.07) is 10.6. The highest BCUT2D eigenvalue weighted by molar-refractivity contribution is 8.27. The van der Waals surface area contributed by atoms with Crippen molar-refractivity contribution in [2.45, 2.75) is 26.3 Å². The van der Waals surface area contributed by atoms with Crippen LogP contribution in [-0.2, 0) is 0 Å². The van der Waals surface area contributed by atoms with Crippen molar-refractivity contribution in [2.75, 3.05) is 21.7 Å². The molecule has 0 atom stereocenters. The van der Waals surface area contributed by atoms with E-state index in [0.29, 0.717) is 36.9 Å². The lowest BCUT2D eigenvalue weighted by molar-refractivity contribution is 0.479. The monoisotopic (exact) mass is 383 g/mol. The Kier molecular flexibility index (Phi) is 5.38. The molecule has 0 unspecified atom stereocenters. The molecule has 8 heteroatoms. The highest BCUT2D eigenvalue weighted by Crippen LogP contribution is 2.64. The minimum Gasteiger partial charge on any atom is -0.314 e. The van der Waals surface area contributed by atoms with Crippen LogP contribution in [-0.4, -0.2) is 28.2 Å². The average molecular weight is 383 g/mol. The zero-order chi connectivity index (χ0) is 18.9. The first kappa shape index (κ1) is 18.9. The fraction of sp³-hybridized carbons (Fsp3) is 0.333. The predicted molar refractivity (Wildman–Crippen MR) is 103 cm³/mol. The first-order chi connectivity index (χ1) is 12.3. The van der Waals surface area contributed by atoms with Crippen LogP contribution in [0.25, 0.3) is 0 Å². The van der Waals surface area contributed by atoms with Gasteiger partial charge in [0.2, 0.25) is 0 Å². The van der Waals surface area contributed by atoms with Gasteiger partial charge in [0.1, 0.15) is 5.69 Å². The number of nitrogens with zero attached hydrogens (tertiary/aromatic N) is 2. The van der Waals surface area contributed by atoms with Gasteiger partial charge in [-0.3, -0.25) is 13.4 Å². The predicted octanol–water partition coefficient (Wildman–Crippen LogP) is 4.89. The topological polar surface area (TPSA) is 59.0 Å². The van der Waals surface area contributed by atoms with Crippen LogP contribution in [0.4, 0.5) is 25.8 Å². The summed E-state index contributed by atoms with van der Waals surface area (Å²) in [6.07, 6.45) is 0.649. The minimum atomic E-state index is -3.63. The number of benzene rings is 2. The molecule has 142 valence electrons. The maximum absolute atomic E-state index is 14.3. The fourth-order valence-electron chi connectivity index (χ4n) is 2.99. The summed E-state index contributed by atoms with van der Waals surface area (Å²) in [6.45, 7) is 5.09. The molecular weight excluding hydrogens is 360 g/mol. The van der Waals surface area contributed by atoms with Crippen molar-refractivity contribution in [2.24, 2.45) is 0 Å². The molecule has 0 bridgehead atoms. The zero-order valence-electron chi connectivity index (χ0n) is 14.7. The molecule has 0 spiro atoms. The number of nitrogens with one attached hydrogen (secondary N) is 1. The Hall–Kier alpha value is -1.87. The molecule has 1 aliphatic rings. The molecule has 0 radical (unpaired) electrons. The van der Waals surface area contributed by atoms with Gasteiger partial charge in [-0.25, -0.2) is 13.1 Å². The van der Waals surface area contributed by atoms with Crippen molar-refractivity contribution in [1.29, 1.82) is 0 Å². The molecule has 0 aromatic heterocycles. The van der Waals surface area contributed by atoms with E-state index in [0.717, 1.165) is 16.4 Å². The molecule has 3 N–H and O–H groups in total. The number of para-hydroxylation sites is 3. The molecule has 0 saturated carbocycles. The van der Waals surface area contributed by atoms with Gasteiger partial charge in [-0.05, 0) is 48.2 Å². The molecule has 2 aromatic rings. The van der Waals surface area contributed by atoms with Crippen LogP contribution < -0.4 is 13.9 Å². The van der Waals surface area contributed by atoms with Gasteiger partial charge in [-0.15, -0.1) is 0 Å². The van der Waals surface area contributed by atoms with Gasteiger partial charge in [0, 0.05) is 12.6 Å². The molecule has 0 aliphatic carbocycles. The number of anilines is 3. The van der Waals surface area contributed by atoms with E-state index < -0.39 is 28.3 Å². The summed E-state index contributed by atoms with van der Waals surface area (Å²) >= 11 is 0. The Morgan fingerprint density at radius 2 is 1.62 bits per heavy atom. The third kappa shape index (κ3) is 3.37. The number of fused-ring (bicyclic) bond motifs is 1. The van der Waals surface area contributed by atoms with Crippen molar-refractivity contribution < 1.29 is 17.9 Å². The summed E-state index contributed by atoms with van der Waals surface area (Å²) < 4.78 is 52.9. The largest absolute Gasteiger partial charge is 0.314 e. The Morgan fingerprint density at radius 1 is 1.00 bits per heavy atom. The third-order valence-corrected chi connectivity index (χ3v) is 5.98. The van der Waals surface area contributed by atoms with Gasteiger partial charge in [0.15, 0.2) is 11.6 Å². The summed E-state index contributed by atoms with van der Waals surface area (Å²) in [5.74, 6) is -1.69. The number of hydrogen-bond donors (Lipinski definition) is 3. The lowest BCUT2D eigenvalue weighted by Gasteiger charge is -2.43. The molecule has 0 saturated heterocycles. The normalized spacial score (nSPS) is 16.9.